The molecule has 0 aliphatic carbocycles. The molecule has 5 nitrogen and oxygen atoms in total. The third kappa shape index (κ3) is 7.90. The molecule has 86 valence electrons. The maximum atomic E-state index is 9.44. The van der Waals surface area contributed by atoms with Gasteiger partial charge in [-0.1, -0.05) is 6.92 Å². The molecule has 15 heavy (non-hydrogen) atoms. The van der Waals surface area contributed by atoms with Crippen molar-refractivity contribution in [2.24, 2.45) is 0 Å². The van der Waals surface area contributed by atoms with Gasteiger partial charge in [0.2, 0.25) is 6.20 Å². The molecule has 6 heteroatoms. The number of pyridine rings is 1. The Hall–Kier alpha value is -1.14. The van der Waals surface area contributed by atoms with Crippen molar-refractivity contribution in [3.8, 4) is 5.75 Å². The molecule has 0 amide bonds. The van der Waals surface area contributed by atoms with Crippen LogP contribution in [0.25, 0.3) is 0 Å². The minimum absolute atomic E-state index is 0.312. The number of aryl methyl sites for hydroxylation is 1. The van der Waals surface area contributed by atoms with E-state index in [2.05, 4.69) is 0 Å². The number of hydrogen-bond acceptors (Lipinski definition) is 4. The van der Waals surface area contributed by atoms with Crippen LogP contribution in [0.3, 0.4) is 0 Å². The molecular formula is C9H15NO4S. The molecule has 0 spiro atoms. The second-order valence-corrected chi connectivity index (χ2v) is 4.43. The summed E-state index contributed by atoms with van der Waals surface area (Å²) in [6.07, 6.45) is 3.61. The molecule has 0 aliphatic rings. The maximum absolute atomic E-state index is 9.44. The Morgan fingerprint density at radius 2 is 2.00 bits per heavy atom. The third-order valence-corrected chi connectivity index (χ3v) is 2.27. The molecule has 1 rings (SSSR count). The van der Waals surface area contributed by atoms with E-state index in [0.29, 0.717) is 5.75 Å². The van der Waals surface area contributed by atoms with Crippen LogP contribution in [0.15, 0.2) is 24.5 Å². The van der Waals surface area contributed by atoms with Crippen molar-refractivity contribution in [3.05, 3.63) is 24.5 Å². The molecule has 1 aromatic rings. The lowest BCUT2D eigenvalue weighted by Gasteiger charge is -1.97. The van der Waals surface area contributed by atoms with Crippen molar-refractivity contribution in [1.82, 2.24) is 0 Å². The molecule has 0 bridgehead atoms. The van der Waals surface area contributed by atoms with Gasteiger partial charge in [0.15, 0.2) is 11.9 Å². The van der Waals surface area contributed by atoms with Crippen molar-refractivity contribution in [1.29, 1.82) is 0 Å². The summed E-state index contributed by atoms with van der Waals surface area (Å²) in [4.78, 5) is 0. The molecule has 1 aromatic heterocycles. The van der Waals surface area contributed by atoms with Crippen molar-refractivity contribution < 1.29 is 22.6 Å². The van der Waals surface area contributed by atoms with Crippen LogP contribution in [0.4, 0.5) is 0 Å². The molecular weight excluding hydrogens is 218 g/mol. The minimum atomic E-state index is -3.91. The van der Waals surface area contributed by atoms with Crippen molar-refractivity contribution in [3.63, 3.8) is 0 Å². The highest BCUT2D eigenvalue weighted by atomic mass is 32.2. The fourth-order valence-electron chi connectivity index (χ4n) is 0.705. The summed E-state index contributed by atoms with van der Waals surface area (Å²) in [7, 11) is -3.91. The normalized spacial score (nSPS) is 10.3. The van der Waals surface area contributed by atoms with Crippen molar-refractivity contribution in [2.75, 3.05) is 5.75 Å². The Balaban J connectivity index is 0.000000288. The molecule has 0 radical (unpaired) electrons. The summed E-state index contributed by atoms with van der Waals surface area (Å²) in [5.74, 6) is 0.00634. The van der Waals surface area contributed by atoms with Crippen LogP contribution in [0, 0.1) is 0 Å². The SMILES string of the molecule is CCS(=O)(=O)[O-].CC[n+]1cccc(O)c1. The van der Waals surface area contributed by atoms with Crippen LogP contribution in [-0.2, 0) is 16.7 Å². The van der Waals surface area contributed by atoms with Crippen LogP contribution >= 0.6 is 0 Å². The summed E-state index contributed by atoms with van der Waals surface area (Å²) in [6, 6.07) is 3.48. The maximum Gasteiger partial charge on any atom is 0.210 e. The zero-order valence-corrected chi connectivity index (χ0v) is 9.57. The van der Waals surface area contributed by atoms with Gasteiger partial charge in [0, 0.05) is 11.8 Å². The first-order valence-corrected chi connectivity index (χ1v) is 6.08. The summed E-state index contributed by atoms with van der Waals surface area (Å²) in [5, 5.41) is 8.92. The van der Waals surface area contributed by atoms with Crippen LogP contribution in [0.5, 0.6) is 5.75 Å². The summed E-state index contributed by atoms with van der Waals surface area (Å²) in [6.45, 7) is 4.23. The lowest BCUT2D eigenvalue weighted by molar-refractivity contribution is -0.693. The molecule has 0 atom stereocenters. The fraction of sp³-hybridized carbons (Fsp3) is 0.444. The number of rotatable bonds is 2. The molecule has 0 aromatic carbocycles. The Bertz CT molecular complexity index is 389. The molecule has 0 saturated heterocycles. The van der Waals surface area contributed by atoms with Crippen molar-refractivity contribution in [2.45, 2.75) is 20.4 Å². The highest BCUT2D eigenvalue weighted by Gasteiger charge is 1.94. The van der Waals surface area contributed by atoms with E-state index in [0.717, 1.165) is 6.54 Å². The average Bonchev–Trinajstić information content (AvgIpc) is 2.18. The van der Waals surface area contributed by atoms with Gasteiger partial charge < -0.3 is 9.66 Å². The second kappa shape index (κ2) is 6.36. The van der Waals surface area contributed by atoms with E-state index < -0.39 is 10.1 Å². The topological polar surface area (TPSA) is 81.3 Å². The summed E-state index contributed by atoms with van der Waals surface area (Å²) in [5.41, 5.74) is 0. The van der Waals surface area contributed by atoms with Gasteiger partial charge in [-0.25, -0.2) is 13.0 Å². The van der Waals surface area contributed by atoms with Crippen LogP contribution in [0.1, 0.15) is 13.8 Å². The largest absolute Gasteiger partial charge is 0.748 e. The van der Waals surface area contributed by atoms with Gasteiger partial charge in [0.1, 0.15) is 6.54 Å². The first kappa shape index (κ1) is 13.9. The molecule has 1 N–H and O–H groups in total. The number of nitrogens with zero attached hydrogens (tertiary/aromatic N) is 1. The van der Waals surface area contributed by atoms with E-state index in [1.165, 1.54) is 6.92 Å². The van der Waals surface area contributed by atoms with Gasteiger partial charge in [-0.2, -0.15) is 0 Å². The third-order valence-electron chi connectivity index (χ3n) is 1.56. The molecule has 0 unspecified atom stereocenters. The fourth-order valence-corrected chi connectivity index (χ4v) is 0.705. The Labute approximate surface area is 89.7 Å². The first-order chi connectivity index (χ1) is 6.89. The lowest BCUT2D eigenvalue weighted by Crippen LogP contribution is -2.30. The van der Waals surface area contributed by atoms with Crippen molar-refractivity contribution >= 4 is 10.1 Å². The van der Waals surface area contributed by atoms with E-state index in [4.69, 9.17) is 5.11 Å². The second-order valence-electron chi connectivity index (χ2n) is 2.74. The lowest BCUT2D eigenvalue weighted by atomic mass is 10.4. The van der Waals surface area contributed by atoms with E-state index in [9.17, 15) is 13.0 Å². The van der Waals surface area contributed by atoms with Gasteiger partial charge in [-0.3, -0.25) is 0 Å². The molecule has 0 saturated carbocycles. The van der Waals surface area contributed by atoms with Gasteiger partial charge in [-0.15, -0.1) is 0 Å². The standard InChI is InChI=1S/C7H9NO.C2H6O3S/c1-2-8-5-3-4-7(9)6-8;1-2-6(3,4)5/h3-6H,2H2,1H3;2H2,1H3,(H,3,4,5). The van der Waals surface area contributed by atoms with Gasteiger partial charge in [-0.05, 0) is 13.0 Å². The first-order valence-electron chi connectivity index (χ1n) is 4.50. The van der Waals surface area contributed by atoms with E-state index in [1.54, 1.807) is 12.3 Å². The van der Waals surface area contributed by atoms with Crippen LogP contribution in [0.2, 0.25) is 0 Å². The minimum Gasteiger partial charge on any atom is -0.748 e. The highest BCUT2D eigenvalue weighted by molar-refractivity contribution is 7.85. The zero-order chi connectivity index (χ0) is 11.9. The van der Waals surface area contributed by atoms with Gasteiger partial charge in [0.05, 0.1) is 10.1 Å². The summed E-state index contributed by atoms with van der Waals surface area (Å²) < 4.78 is 30.2. The predicted molar refractivity (Wildman–Crippen MR) is 54.2 cm³/mol. The Morgan fingerprint density at radius 3 is 2.27 bits per heavy atom. The molecule has 1 heterocycles. The van der Waals surface area contributed by atoms with E-state index in [1.807, 2.05) is 23.8 Å². The zero-order valence-electron chi connectivity index (χ0n) is 8.75. The Kier molecular flexibility index (Phi) is 5.88. The molecule has 0 fully saturated rings. The van der Waals surface area contributed by atoms with Gasteiger partial charge >= 0.3 is 0 Å². The smallest absolute Gasteiger partial charge is 0.210 e. The quantitative estimate of drug-likeness (QED) is 0.586. The monoisotopic (exact) mass is 233 g/mol. The molecule has 0 aliphatic heterocycles. The summed E-state index contributed by atoms with van der Waals surface area (Å²) >= 11 is 0. The van der Waals surface area contributed by atoms with Crippen LogP contribution in [-0.4, -0.2) is 23.8 Å². The highest BCUT2D eigenvalue weighted by Crippen LogP contribution is 1.99. The van der Waals surface area contributed by atoms with E-state index in [-0.39, 0.29) is 5.75 Å². The average molecular weight is 233 g/mol. The predicted octanol–water partition coefficient (Wildman–Crippen LogP) is 0.251. The Morgan fingerprint density at radius 1 is 1.47 bits per heavy atom. The number of aromatic nitrogens is 1. The van der Waals surface area contributed by atoms with E-state index >= 15 is 0 Å². The van der Waals surface area contributed by atoms with Crippen LogP contribution < -0.4 is 4.57 Å². The van der Waals surface area contributed by atoms with Gasteiger partial charge in [0.25, 0.3) is 0 Å². The number of hydrogen-bond donors (Lipinski definition) is 1. The number of aromatic hydroxyl groups is 1.